The van der Waals surface area contributed by atoms with Gasteiger partial charge in [0.1, 0.15) is 5.82 Å². The molecule has 0 radical (unpaired) electrons. The summed E-state index contributed by atoms with van der Waals surface area (Å²) in [5.41, 5.74) is -0.591. The van der Waals surface area contributed by atoms with E-state index in [0.717, 1.165) is 44.1 Å². The van der Waals surface area contributed by atoms with Gasteiger partial charge in [0.2, 0.25) is 0 Å². The molecule has 1 heterocycles. The first-order valence-electron chi connectivity index (χ1n) is 6.47. The van der Waals surface area contributed by atoms with Gasteiger partial charge in [0.15, 0.2) is 0 Å². The molecule has 1 aliphatic rings. The Morgan fingerprint density at radius 2 is 1.84 bits per heavy atom. The first-order chi connectivity index (χ1) is 8.89. The minimum absolute atomic E-state index is 0.182. The Labute approximate surface area is 110 Å². The number of rotatable bonds is 2. The summed E-state index contributed by atoms with van der Waals surface area (Å²) in [5, 5.41) is 3.20. The van der Waals surface area contributed by atoms with Gasteiger partial charge < -0.3 is 5.32 Å². The fourth-order valence-electron chi connectivity index (χ4n) is 2.67. The van der Waals surface area contributed by atoms with Gasteiger partial charge in [-0.1, -0.05) is 6.92 Å². The number of nitrogens with one attached hydrogen (secondary N) is 1. The molecule has 0 amide bonds. The topological polar surface area (TPSA) is 12.0 Å². The normalized spacial score (nSPS) is 19.4. The molecule has 5 heteroatoms. The summed E-state index contributed by atoms with van der Waals surface area (Å²) >= 11 is 0. The molecule has 1 atom stereocenters. The quantitative estimate of drug-likeness (QED) is 0.806. The zero-order chi connectivity index (χ0) is 14.0. The smallest absolute Gasteiger partial charge is 0.317 e. The van der Waals surface area contributed by atoms with E-state index in [1.165, 1.54) is 0 Å². The highest BCUT2D eigenvalue weighted by Gasteiger charge is 2.32. The van der Waals surface area contributed by atoms with Crippen molar-refractivity contribution in [2.75, 3.05) is 13.1 Å². The molecular formula is C14H17F4N. The molecule has 2 rings (SSSR count). The van der Waals surface area contributed by atoms with E-state index in [1.54, 1.807) is 0 Å². The fourth-order valence-corrected chi connectivity index (χ4v) is 2.67. The number of hydrogen-bond acceptors (Lipinski definition) is 1. The summed E-state index contributed by atoms with van der Waals surface area (Å²) in [6.07, 6.45) is -2.68. The monoisotopic (exact) mass is 275 g/mol. The summed E-state index contributed by atoms with van der Waals surface area (Å²) < 4.78 is 51.8. The Kier molecular flexibility index (Phi) is 4.13. The maximum atomic E-state index is 13.8. The van der Waals surface area contributed by atoms with Gasteiger partial charge in [0.25, 0.3) is 0 Å². The van der Waals surface area contributed by atoms with Gasteiger partial charge in [-0.25, -0.2) is 4.39 Å². The van der Waals surface area contributed by atoms with Crippen LogP contribution in [0.5, 0.6) is 0 Å². The fraction of sp³-hybridized carbons (Fsp3) is 0.571. The van der Waals surface area contributed by atoms with Crippen LogP contribution in [-0.2, 0) is 6.18 Å². The number of alkyl halides is 3. The summed E-state index contributed by atoms with van der Waals surface area (Å²) in [4.78, 5) is 0. The molecule has 1 aliphatic heterocycles. The Balaban J connectivity index is 2.27. The molecule has 1 nitrogen and oxygen atoms in total. The second-order valence-corrected chi connectivity index (χ2v) is 5.11. The number of halogens is 4. The zero-order valence-corrected chi connectivity index (χ0v) is 10.7. The van der Waals surface area contributed by atoms with Crippen molar-refractivity contribution >= 4 is 0 Å². The number of hydrogen-bond donors (Lipinski definition) is 1. The first-order valence-corrected chi connectivity index (χ1v) is 6.47. The van der Waals surface area contributed by atoms with Crippen molar-refractivity contribution in [2.24, 2.45) is 5.92 Å². The third-order valence-corrected chi connectivity index (χ3v) is 3.90. The Morgan fingerprint density at radius 1 is 1.21 bits per heavy atom. The lowest BCUT2D eigenvalue weighted by Gasteiger charge is -2.29. The number of benzene rings is 1. The van der Waals surface area contributed by atoms with Crippen molar-refractivity contribution in [2.45, 2.75) is 31.9 Å². The van der Waals surface area contributed by atoms with Crippen LogP contribution < -0.4 is 5.32 Å². The lowest BCUT2D eigenvalue weighted by Crippen LogP contribution is -2.30. The molecule has 19 heavy (non-hydrogen) atoms. The minimum atomic E-state index is -4.42. The standard InChI is InChI=1S/C14H17F4N/c1-9(10-4-6-19-7-5-10)12-8-11(14(16,17)18)2-3-13(12)15/h2-3,8-10,19H,4-7H2,1H3. The second-order valence-electron chi connectivity index (χ2n) is 5.11. The molecule has 0 saturated carbocycles. The molecule has 1 unspecified atom stereocenters. The third kappa shape index (κ3) is 3.26. The molecule has 1 aromatic rings. The largest absolute Gasteiger partial charge is 0.416 e. The van der Waals surface area contributed by atoms with E-state index in [0.29, 0.717) is 0 Å². The van der Waals surface area contributed by atoms with Crippen LogP contribution in [0, 0.1) is 11.7 Å². The van der Waals surface area contributed by atoms with Gasteiger partial charge in [-0.2, -0.15) is 13.2 Å². The van der Waals surface area contributed by atoms with Gasteiger partial charge in [-0.3, -0.25) is 0 Å². The SMILES string of the molecule is CC(c1cc(C(F)(F)F)ccc1F)C1CCNCC1. The van der Waals surface area contributed by atoms with Crippen molar-refractivity contribution < 1.29 is 17.6 Å². The van der Waals surface area contributed by atoms with Crippen molar-refractivity contribution in [1.82, 2.24) is 5.32 Å². The third-order valence-electron chi connectivity index (χ3n) is 3.90. The second kappa shape index (κ2) is 5.49. The van der Waals surface area contributed by atoms with Crippen LogP contribution in [0.25, 0.3) is 0 Å². The molecule has 106 valence electrons. The van der Waals surface area contributed by atoms with E-state index in [-0.39, 0.29) is 17.4 Å². The van der Waals surface area contributed by atoms with Gasteiger partial charge in [0, 0.05) is 0 Å². The van der Waals surface area contributed by atoms with E-state index < -0.39 is 17.6 Å². The van der Waals surface area contributed by atoms with Crippen LogP contribution >= 0.6 is 0 Å². The van der Waals surface area contributed by atoms with Crippen LogP contribution in [0.1, 0.15) is 36.8 Å². The Hall–Kier alpha value is -1.10. The van der Waals surface area contributed by atoms with Crippen LogP contribution in [0.3, 0.4) is 0 Å². The van der Waals surface area contributed by atoms with Gasteiger partial charge >= 0.3 is 6.18 Å². The van der Waals surface area contributed by atoms with Gasteiger partial charge in [-0.05, 0) is 61.5 Å². The summed E-state index contributed by atoms with van der Waals surface area (Å²) in [6.45, 7) is 3.50. The van der Waals surface area contributed by atoms with E-state index in [1.807, 2.05) is 6.92 Å². The maximum absolute atomic E-state index is 13.8. The minimum Gasteiger partial charge on any atom is -0.317 e. The molecule has 1 saturated heterocycles. The Morgan fingerprint density at radius 3 is 2.42 bits per heavy atom. The predicted molar refractivity (Wildman–Crippen MR) is 65.4 cm³/mol. The molecule has 0 spiro atoms. The molecule has 1 N–H and O–H groups in total. The molecule has 0 aromatic heterocycles. The highest BCUT2D eigenvalue weighted by Crippen LogP contribution is 2.36. The van der Waals surface area contributed by atoms with Crippen molar-refractivity contribution in [3.05, 3.63) is 35.1 Å². The number of piperidine rings is 1. The highest BCUT2D eigenvalue weighted by atomic mass is 19.4. The molecule has 1 fully saturated rings. The first kappa shape index (κ1) is 14.3. The lowest BCUT2D eigenvalue weighted by molar-refractivity contribution is -0.137. The van der Waals surface area contributed by atoms with Gasteiger partial charge in [-0.15, -0.1) is 0 Å². The zero-order valence-electron chi connectivity index (χ0n) is 10.7. The Bertz CT molecular complexity index is 436. The maximum Gasteiger partial charge on any atom is 0.416 e. The van der Waals surface area contributed by atoms with Crippen molar-refractivity contribution in [3.63, 3.8) is 0 Å². The summed E-state index contributed by atoms with van der Waals surface area (Å²) in [5.74, 6) is -0.498. The van der Waals surface area contributed by atoms with Gasteiger partial charge in [0.05, 0.1) is 5.56 Å². The average molecular weight is 275 g/mol. The van der Waals surface area contributed by atoms with Crippen molar-refractivity contribution in [1.29, 1.82) is 0 Å². The van der Waals surface area contributed by atoms with E-state index in [9.17, 15) is 17.6 Å². The highest BCUT2D eigenvalue weighted by molar-refractivity contribution is 5.30. The van der Waals surface area contributed by atoms with E-state index in [4.69, 9.17) is 0 Å². The lowest BCUT2D eigenvalue weighted by atomic mass is 9.81. The van der Waals surface area contributed by atoms with Crippen LogP contribution in [-0.4, -0.2) is 13.1 Å². The van der Waals surface area contributed by atoms with Crippen LogP contribution in [0.15, 0.2) is 18.2 Å². The predicted octanol–water partition coefficient (Wildman–Crippen LogP) is 3.95. The summed E-state index contributed by atoms with van der Waals surface area (Å²) in [7, 11) is 0. The molecule has 0 aliphatic carbocycles. The van der Waals surface area contributed by atoms with Crippen LogP contribution in [0.2, 0.25) is 0 Å². The van der Waals surface area contributed by atoms with Crippen LogP contribution in [0.4, 0.5) is 17.6 Å². The van der Waals surface area contributed by atoms with E-state index in [2.05, 4.69) is 5.32 Å². The summed E-state index contributed by atoms with van der Waals surface area (Å²) in [6, 6.07) is 2.69. The van der Waals surface area contributed by atoms with E-state index >= 15 is 0 Å². The average Bonchev–Trinajstić information content (AvgIpc) is 2.38. The molecule has 0 bridgehead atoms. The molecule has 1 aromatic carbocycles. The molecular weight excluding hydrogens is 258 g/mol. The van der Waals surface area contributed by atoms with Crippen molar-refractivity contribution in [3.8, 4) is 0 Å².